The molecule has 1 aromatic carbocycles. The van der Waals surface area contributed by atoms with E-state index >= 15 is 0 Å². The minimum atomic E-state index is -3.49. The van der Waals surface area contributed by atoms with Gasteiger partial charge in [-0.3, -0.25) is 0 Å². The van der Waals surface area contributed by atoms with Crippen LogP contribution in [0.1, 0.15) is 26.7 Å². The van der Waals surface area contributed by atoms with Crippen molar-refractivity contribution < 1.29 is 13.2 Å². The zero-order valence-corrected chi connectivity index (χ0v) is 14.7. The number of piperidine rings is 1. The molecule has 0 saturated carbocycles. The van der Waals surface area contributed by atoms with Crippen LogP contribution in [0.2, 0.25) is 0 Å². The molecule has 7 heteroatoms. The highest BCUT2D eigenvalue weighted by molar-refractivity contribution is 7.89. The van der Waals surface area contributed by atoms with E-state index in [1.54, 1.807) is 28.6 Å². The van der Waals surface area contributed by atoms with Gasteiger partial charge in [-0.2, -0.15) is 4.31 Å². The Kier molecular flexibility index (Phi) is 7.12. The van der Waals surface area contributed by atoms with Gasteiger partial charge in [-0.05, 0) is 49.9 Å². The molecule has 1 aliphatic heterocycles. The molecular weight excluding hydrogens is 324 g/mol. The van der Waals surface area contributed by atoms with E-state index < -0.39 is 10.0 Å². The molecule has 0 amide bonds. The van der Waals surface area contributed by atoms with Crippen LogP contribution in [-0.4, -0.2) is 38.5 Å². The maximum Gasteiger partial charge on any atom is 0.243 e. The summed E-state index contributed by atoms with van der Waals surface area (Å²) in [5.74, 6) is 0.972. The maximum absolute atomic E-state index is 12.8. The second kappa shape index (κ2) is 8.15. The van der Waals surface area contributed by atoms with Crippen molar-refractivity contribution in [3.05, 3.63) is 24.3 Å². The van der Waals surface area contributed by atoms with Gasteiger partial charge in [-0.1, -0.05) is 6.92 Å². The number of ether oxygens (including phenoxy) is 1. The monoisotopic (exact) mass is 348 g/mol. The van der Waals surface area contributed by atoms with Crippen LogP contribution in [-0.2, 0) is 10.0 Å². The van der Waals surface area contributed by atoms with Crippen molar-refractivity contribution in [3.8, 4) is 5.75 Å². The quantitative estimate of drug-likeness (QED) is 0.885. The average molecular weight is 349 g/mol. The Morgan fingerprint density at radius 2 is 1.95 bits per heavy atom. The van der Waals surface area contributed by atoms with Crippen LogP contribution in [0.15, 0.2) is 29.2 Å². The van der Waals surface area contributed by atoms with Crippen molar-refractivity contribution >= 4 is 22.4 Å². The topological polar surface area (TPSA) is 72.6 Å². The molecule has 1 fully saturated rings. The lowest BCUT2D eigenvalue weighted by Gasteiger charge is -2.38. The number of nitrogens with zero attached hydrogens (tertiary/aromatic N) is 1. The van der Waals surface area contributed by atoms with Crippen molar-refractivity contribution in [2.24, 2.45) is 11.7 Å². The lowest BCUT2D eigenvalue weighted by atomic mass is 9.93. The van der Waals surface area contributed by atoms with Crippen LogP contribution < -0.4 is 10.5 Å². The van der Waals surface area contributed by atoms with E-state index in [0.29, 0.717) is 36.3 Å². The van der Waals surface area contributed by atoms with Gasteiger partial charge in [0.2, 0.25) is 10.0 Å². The van der Waals surface area contributed by atoms with Crippen LogP contribution in [0.4, 0.5) is 0 Å². The maximum atomic E-state index is 12.8. The first-order valence-corrected chi connectivity index (χ1v) is 8.89. The Balaban J connectivity index is 0.00000242. The molecule has 2 atom stereocenters. The number of sulfonamides is 1. The Morgan fingerprint density at radius 3 is 2.50 bits per heavy atom. The molecule has 1 heterocycles. The summed E-state index contributed by atoms with van der Waals surface area (Å²) < 4.78 is 32.5. The summed E-state index contributed by atoms with van der Waals surface area (Å²) in [6.07, 6.45) is 1.91. The van der Waals surface area contributed by atoms with Crippen molar-refractivity contribution in [3.63, 3.8) is 0 Å². The molecule has 1 aliphatic rings. The molecule has 2 N–H and O–H groups in total. The molecule has 1 aromatic rings. The first kappa shape index (κ1) is 19.2. The van der Waals surface area contributed by atoms with Gasteiger partial charge < -0.3 is 10.5 Å². The van der Waals surface area contributed by atoms with E-state index in [9.17, 15) is 8.42 Å². The highest BCUT2D eigenvalue weighted by atomic mass is 35.5. The summed E-state index contributed by atoms with van der Waals surface area (Å²) in [6.45, 7) is 5.42. The summed E-state index contributed by atoms with van der Waals surface area (Å²) in [5, 5.41) is 0. The van der Waals surface area contributed by atoms with Crippen molar-refractivity contribution in [2.45, 2.75) is 37.6 Å². The number of nitrogens with two attached hydrogens (primary N) is 1. The molecule has 0 aliphatic carbocycles. The van der Waals surface area contributed by atoms with E-state index in [1.165, 1.54) is 0 Å². The molecule has 0 bridgehead atoms. The lowest BCUT2D eigenvalue weighted by molar-refractivity contribution is 0.192. The third-order valence-corrected chi connectivity index (χ3v) is 5.99. The van der Waals surface area contributed by atoms with Gasteiger partial charge in [0.25, 0.3) is 0 Å². The molecule has 22 heavy (non-hydrogen) atoms. The molecule has 0 radical (unpaired) electrons. The highest BCUT2D eigenvalue weighted by Gasteiger charge is 2.36. The predicted octanol–water partition coefficient (Wildman–Crippen LogP) is 2.26. The van der Waals surface area contributed by atoms with Gasteiger partial charge in [0.05, 0.1) is 11.5 Å². The van der Waals surface area contributed by atoms with Crippen LogP contribution in [0.3, 0.4) is 0 Å². The Labute approximate surface area is 139 Å². The minimum absolute atomic E-state index is 0. The fraction of sp³-hybridized carbons (Fsp3) is 0.600. The Morgan fingerprint density at radius 1 is 1.32 bits per heavy atom. The highest BCUT2D eigenvalue weighted by Crippen LogP contribution is 2.29. The van der Waals surface area contributed by atoms with E-state index in [2.05, 4.69) is 6.92 Å². The number of benzene rings is 1. The second-order valence-electron chi connectivity index (χ2n) is 5.44. The molecule has 2 unspecified atom stereocenters. The summed E-state index contributed by atoms with van der Waals surface area (Å²) in [5.41, 5.74) is 5.80. The van der Waals surface area contributed by atoms with Gasteiger partial charge in [-0.15, -0.1) is 12.4 Å². The van der Waals surface area contributed by atoms with E-state index in [1.807, 2.05) is 6.92 Å². The SMILES string of the molecule is CCOc1ccc(S(=O)(=O)N2CCCC(C)C2CN)cc1.Cl. The third-order valence-electron chi connectivity index (χ3n) is 4.05. The van der Waals surface area contributed by atoms with Crippen LogP contribution in [0.25, 0.3) is 0 Å². The van der Waals surface area contributed by atoms with Gasteiger partial charge in [-0.25, -0.2) is 8.42 Å². The first-order chi connectivity index (χ1) is 10.0. The molecular formula is C15H25ClN2O3S. The minimum Gasteiger partial charge on any atom is -0.494 e. The third kappa shape index (κ3) is 3.93. The predicted molar refractivity (Wildman–Crippen MR) is 90.0 cm³/mol. The number of rotatable bonds is 5. The lowest BCUT2D eigenvalue weighted by Crippen LogP contribution is -2.51. The van der Waals surface area contributed by atoms with Crippen molar-refractivity contribution in [1.29, 1.82) is 0 Å². The molecule has 126 valence electrons. The Hall–Kier alpha value is -0.820. The number of hydrogen-bond acceptors (Lipinski definition) is 4. The fourth-order valence-corrected chi connectivity index (χ4v) is 4.64. The van der Waals surface area contributed by atoms with Gasteiger partial charge >= 0.3 is 0 Å². The molecule has 0 aromatic heterocycles. The van der Waals surface area contributed by atoms with Gasteiger partial charge in [0.1, 0.15) is 5.75 Å². The van der Waals surface area contributed by atoms with E-state index in [-0.39, 0.29) is 18.4 Å². The van der Waals surface area contributed by atoms with Crippen LogP contribution in [0, 0.1) is 5.92 Å². The zero-order chi connectivity index (χ0) is 15.5. The van der Waals surface area contributed by atoms with Crippen LogP contribution in [0.5, 0.6) is 5.75 Å². The first-order valence-electron chi connectivity index (χ1n) is 7.45. The number of hydrogen-bond donors (Lipinski definition) is 1. The molecule has 2 rings (SSSR count). The number of halogens is 1. The van der Waals surface area contributed by atoms with Gasteiger partial charge in [0, 0.05) is 19.1 Å². The summed E-state index contributed by atoms with van der Waals surface area (Å²) in [6, 6.07) is 6.48. The van der Waals surface area contributed by atoms with E-state index in [0.717, 1.165) is 12.8 Å². The summed E-state index contributed by atoms with van der Waals surface area (Å²) in [7, 11) is -3.49. The zero-order valence-electron chi connectivity index (χ0n) is 13.1. The molecule has 1 saturated heterocycles. The smallest absolute Gasteiger partial charge is 0.243 e. The van der Waals surface area contributed by atoms with Crippen molar-refractivity contribution in [2.75, 3.05) is 19.7 Å². The molecule has 0 spiro atoms. The summed E-state index contributed by atoms with van der Waals surface area (Å²) in [4.78, 5) is 0.304. The standard InChI is InChI=1S/C15H24N2O3S.ClH/c1-3-20-13-6-8-14(9-7-13)21(18,19)17-10-4-5-12(2)15(17)11-16;/h6-9,12,15H,3-5,10-11,16H2,1-2H3;1H. The van der Waals surface area contributed by atoms with Gasteiger partial charge in [0.15, 0.2) is 0 Å². The normalized spacial score (nSPS) is 22.9. The largest absolute Gasteiger partial charge is 0.494 e. The van der Waals surface area contributed by atoms with Crippen LogP contribution >= 0.6 is 12.4 Å². The van der Waals surface area contributed by atoms with E-state index in [4.69, 9.17) is 10.5 Å². The molecule has 5 nitrogen and oxygen atoms in total. The Bertz CT molecular complexity index is 563. The van der Waals surface area contributed by atoms with Crippen molar-refractivity contribution in [1.82, 2.24) is 4.31 Å². The second-order valence-corrected chi connectivity index (χ2v) is 7.33. The average Bonchev–Trinajstić information content (AvgIpc) is 2.48. The summed E-state index contributed by atoms with van der Waals surface area (Å²) >= 11 is 0. The fourth-order valence-electron chi connectivity index (χ4n) is 2.87.